The molecule has 19 nitrogen and oxygen atoms in total. The molecule has 3 heterocycles. The highest BCUT2D eigenvalue weighted by Gasteiger charge is 2.65. The molecule has 3 fully saturated rings. The van der Waals surface area contributed by atoms with Gasteiger partial charge in [0.15, 0.2) is 12.2 Å². The molecule has 19 heteroatoms. The second kappa shape index (κ2) is 29.1. The molecule has 3 N–H and O–H groups in total. The highest BCUT2D eigenvalue weighted by Crippen LogP contribution is 2.44. The first-order valence-corrected chi connectivity index (χ1v) is 27.4. The minimum Gasteiger partial charge on any atom is -0.463 e. The maximum atomic E-state index is 14.3. The van der Waals surface area contributed by atoms with Crippen molar-refractivity contribution >= 4 is 17.9 Å². The molecule has 12 atom stereocenters. The first-order chi connectivity index (χ1) is 40.4. The second-order valence-electron chi connectivity index (χ2n) is 20.4. The summed E-state index contributed by atoms with van der Waals surface area (Å²) in [6, 6.07) is 54.6. The zero-order chi connectivity index (χ0) is 58.1. The normalized spacial score (nSPS) is 27.5. The number of ether oxygens (including phenoxy) is 13. The molecule has 3 aliphatic rings. The van der Waals surface area contributed by atoms with Gasteiger partial charge in [-0.1, -0.05) is 170 Å². The van der Waals surface area contributed by atoms with E-state index in [4.69, 9.17) is 61.6 Å². The summed E-state index contributed by atoms with van der Waals surface area (Å²) in [6.45, 7) is -1.31. The van der Waals surface area contributed by atoms with E-state index >= 15 is 0 Å². The van der Waals surface area contributed by atoms with Crippen molar-refractivity contribution in [1.29, 1.82) is 0 Å². The lowest BCUT2D eigenvalue weighted by Gasteiger charge is -2.41. The standard InChI is InChI=1S/C64H70O19/c1-44(66)72-39-52-55(68)58(75-35-48-25-13-5-14-26-48)63(41-65,82-52)79-43-64(60(77-37-50-29-17-7-18-30-50)57(54(83-64)40-73-45(2)67)80-61(69)51-31-19-8-20-32-51)78-42-62(70)59(76-36-49-27-15-6-16-28-49)56(74-34-47-23-11-4-12-24-47)53(81-62)38-71-33-46-21-9-3-10-22-46/h3-32,52-60,65,68,70H,33-43H2,1-2H3/t52-,53-,54-,55-,56-,57-,58+,59+,60+,62-,63-,64-/m1/s1. The Balaban J connectivity index is 1.13. The van der Waals surface area contributed by atoms with Crippen molar-refractivity contribution in [3.8, 4) is 0 Å². The number of carbonyl (C=O) groups excluding carboxylic acids is 3. The van der Waals surface area contributed by atoms with E-state index in [2.05, 4.69) is 0 Å². The maximum Gasteiger partial charge on any atom is 0.338 e. The van der Waals surface area contributed by atoms with Gasteiger partial charge in [-0.2, -0.15) is 0 Å². The fourth-order valence-electron chi connectivity index (χ4n) is 10.1. The SMILES string of the molecule is CC(=O)OC[C@H]1O[C@@](CO)(OC[C@@]2(OC[C@@]3(O)O[C@H](COCc4ccccc4)[C@@H](OCc4ccccc4)[C@@H]3OCc3ccccc3)O[C@H](COC(C)=O)[C@@H](OC(=O)c3ccccc3)[C@@H]2OCc2ccccc2)[C@@H](OCc2ccccc2)[C@@H]1O. The van der Waals surface area contributed by atoms with Gasteiger partial charge < -0.3 is 76.9 Å². The summed E-state index contributed by atoms with van der Waals surface area (Å²) in [5.41, 5.74) is 4.00. The van der Waals surface area contributed by atoms with E-state index in [0.717, 1.165) is 16.7 Å². The molecule has 0 amide bonds. The smallest absolute Gasteiger partial charge is 0.338 e. The monoisotopic (exact) mass is 1140 g/mol. The number of rotatable bonds is 29. The molecular weight excluding hydrogens is 1070 g/mol. The molecule has 9 rings (SSSR count). The minimum absolute atomic E-state index is 0.0208. The molecule has 6 aromatic rings. The second-order valence-corrected chi connectivity index (χ2v) is 20.4. The lowest BCUT2D eigenvalue weighted by molar-refractivity contribution is -0.366. The van der Waals surface area contributed by atoms with Crippen LogP contribution in [0.2, 0.25) is 0 Å². The van der Waals surface area contributed by atoms with Crippen LogP contribution < -0.4 is 0 Å². The summed E-state index contributed by atoms with van der Waals surface area (Å²) in [6.07, 6.45) is -12.2. The molecule has 6 aromatic carbocycles. The van der Waals surface area contributed by atoms with Crippen LogP contribution in [0.5, 0.6) is 0 Å². The first kappa shape index (κ1) is 60.8. The van der Waals surface area contributed by atoms with Crippen LogP contribution in [0.25, 0.3) is 0 Å². The largest absolute Gasteiger partial charge is 0.463 e. The average molecular weight is 1140 g/mol. The van der Waals surface area contributed by atoms with Crippen molar-refractivity contribution in [2.75, 3.05) is 39.6 Å². The van der Waals surface area contributed by atoms with E-state index in [1.165, 1.54) is 13.8 Å². The third kappa shape index (κ3) is 15.9. The number of carbonyl (C=O) groups is 3. The summed E-state index contributed by atoms with van der Waals surface area (Å²) in [7, 11) is 0. The number of aliphatic hydroxyl groups excluding tert-OH is 2. The molecule has 3 saturated heterocycles. The molecule has 0 aromatic heterocycles. The summed E-state index contributed by atoms with van der Waals surface area (Å²) in [5, 5.41) is 36.9. The molecule has 0 aliphatic carbocycles. The van der Waals surface area contributed by atoms with Crippen LogP contribution >= 0.6 is 0 Å². The lowest BCUT2D eigenvalue weighted by atomic mass is 10.0. The zero-order valence-electron chi connectivity index (χ0n) is 46.2. The predicted molar refractivity (Wildman–Crippen MR) is 295 cm³/mol. The van der Waals surface area contributed by atoms with Crippen LogP contribution in [0, 0.1) is 0 Å². The van der Waals surface area contributed by atoms with Gasteiger partial charge in [0.05, 0.1) is 45.2 Å². The van der Waals surface area contributed by atoms with Gasteiger partial charge in [-0.15, -0.1) is 0 Å². The number of hydrogen-bond donors (Lipinski definition) is 3. The van der Waals surface area contributed by atoms with E-state index in [0.29, 0.717) is 11.1 Å². The third-order valence-corrected chi connectivity index (χ3v) is 14.3. The molecule has 0 spiro atoms. The summed E-state index contributed by atoms with van der Waals surface area (Å²) < 4.78 is 83.9. The lowest BCUT2D eigenvalue weighted by Crippen LogP contribution is -2.59. The van der Waals surface area contributed by atoms with Gasteiger partial charge >= 0.3 is 17.9 Å². The molecule has 0 radical (unpaired) electrons. The highest BCUT2D eigenvalue weighted by molar-refractivity contribution is 5.89. The molecule has 0 bridgehead atoms. The Morgan fingerprint density at radius 3 is 1.36 bits per heavy atom. The molecule has 83 heavy (non-hydrogen) atoms. The summed E-state index contributed by atoms with van der Waals surface area (Å²) in [5.74, 6) is -9.28. The Bertz CT molecular complexity index is 2930. The zero-order valence-corrected chi connectivity index (χ0v) is 46.2. The summed E-state index contributed by atoms with van der Waals surface area (Å²) >= 11 is 0. The van der Waals surface area contributed by atoms with Gasteiger partial charge in [-0.3, -0.25) is 9.59 Å². The van der Waals surface area contributed by atoms with E-state index < -0.39 is 123 Å². The maximum absolute atomic E-state index is 14.3. The van der Waals surface area contributed by atoms with Crippen molar-refractivity contribution in [1.82, 2.24) is 0 Å². The first-order valence-electron chi connectivity index (χ1n) is 27.4. The van der Waals surface area contributed by atoms with Crippen molar-refractivity contribution in [3.05, 3.63) is 215 Å². The van der Waals surface area contributed by atoms with Crippen LogP contribution in [0.4, 0.5) is 0 Å². The van der Waals surface area contributed by atoms with Crippen molar-refractivity contribution in [3.63, 3.8) is 0 Å². The Hall–Kier alpha value is -6.79. The van der Waals surface area contributed by atoms with Crippen LogP contribution in [0.3, 0.4) is 0 Å². The molecular formula is C64H70O19. The fourth-order valence-corrected chi connectivity index (χ4v) is 10.1. The predicted octanol–water partition coefficient (Wildman–Crippen LogP) is 6.56. The number of benzene rings is 6. The van der Waals surface area contributed by atoms with Gasteiger partial charge in [-0.05, 0) is 39.9 Å². The fraction of sp³-hybridized carbons (Fsp3) is 0.391. The van der Waals surface area contributed by atoms with Crippen LogP contribution in [-0.2, 0) is 104 Å². The number of hydrogen-bond acceptors (Lipinski definition) is 19. The van der Waals surface area contributed by atoms with Crippen molar-refractivity contribution in [2.24, 2.45) is 0 Å². The van der Waals surface area contributed by atoms with Gasteiger partial charge in [0, 0.05) is 13.8 Å². The number of esters is 3. The Labute approximate surface area is 481 Å². The average Bonchev–Trinajstić information content (AvgIpc) is 4.27. The Morgan fingerprint density at radius 2 is 0.867 bits per heavy atom. The van der Waals surface area contributed by atoms with Gasteiger partial charge in [0.2, 0.25) is 17.4 Å². The third-order valence-electron chi connectivity index (χ3n) is 14.3. The molecule has 0 saturated carbocycles. The molecule has 0 unspecified atom stereocenters. The van der Waals surface area contributed by atoms with E-state index in [9.17, 15) is 29.7 Å². The molecule has 440 valence electrons. The Morgan fingerprint density at radius 1 is 0.458 bits per heavy atom. The topological polar surface area (TPSA) is 232 Å². The van der Waals surface area contributed by atoms with Gasteiger partial charge in [0.1, 0.15) is 75.8 Å². The van der Waals surface area contributed by atoms with Gasteiger partial charge in [0.25, 0.3) is 0 Å². The van der Waals surface area contributed by atoms with E-state index in [1.807, 2.05) is 127 Å². The van der Waals surface area contributed by atoms with Crippen molar-refractivity contribution in [2.45, 2.75) is 119 Å². The van der Waals surface area contributed by atoms with Crippen LogP contribution in [0.1, 0.15) is 52.0 Å². The van der Waals surface area contributed by atoms with E-state index in [1.54, 1.807) is 54.6 Å². The van der Waals surface area contributed by atoms with Crippen molar-refractivity contribution < 1.29 is 91.3 Å². The van der Waals surface area contributed by atoms with E-state index in [-0.39, 0.29) is 45.2 Å². The van der Waals surface area contributed by atoms with Crippen LogP contribution in [-0.4, -0.2) is 145 Å². The Kier molecular flexibility index (Phi) is 21.3. The molecule has 3 aliphatic heterocycles. The van der Waals surface area contributed by atoms with Gasteiger partial charge in [-0.25, -0.2) is 4.79 Å². The minimum atomic E-state index is -2.44. The number of aliphatic hydroxyl groups is 3. The quantitative estimate of drug-likeness (QED) is 0.0333. The summed E-state index contributed by atoms with van der Waals surface area (Å²) in [4.78, 5) is 39.1. The highest BCUT2D eigenvalue weighted by atomic mass is 16.8. The van der Waals surface area contributed by atoms with Crippen LogP contribution in [0.15, 0.2) is 182 Å².